The predicted molar refractivity (Wildman–Crippen MR) is 134 cm³/mol. The smallest absolute Gasteiger partial charge is 0.306 e. The number of carbonyl (C=O) groups excluding carboxylic acids is 1. The van der Waals surface area contributed by atoms with Crippen LogP contribution in [0.3, 0.4) is 0 Å². The molecule has 2 aromatic carbocycles. The second-order valence-electron chi connectivity index (χ2n) is 9.17. The molecule has 38 heavy (non-hydrogen) atoms. The first kappa shape index (κ1) is 25.5. The summed E-state index contributed by atoms with van der Waals surface area (Å²) in [6, 6.07) is 14.1. The van der Waals surface area contributed by atoms with Gasteiger partial charge in [-0.2, -0.15) is 13.2 Å². The minimum absolute atomic E-state index is 0.00856. The first-order valence-corrected chi connectivity index (χ1v) is 11.9. The van der Waals surface area contributed by atoms with E-state index in [0.717, 1.165) is 16.7 Å². The number of hydrogen-bond acceptors (Lipinski definition) is 5. The van der Waals surface area contributed by atoms with Crippen molar-refractivity contribution in [1.82, 2.24) is 19.4 Å². The SMILES string of the molecule is Cn1c(-c2cccc(C(F)(F)F)c2)nc2c(C(=O)Nc3cccc(CN4CC[C@H](F)C4)n3)cccc2c1=O. The molecule has 1 amide bonds. The number of alkyl halides is 4. The molecular formula is C27H23F4N5O2. The predicted octanol–water partition coefficient (Wildman–Crippen LogP) is 4.81. The van der Waals surface area contributed by atoms with E-state index in [4.69, 9.17) is 0 Å². The molecule has 1 aliphatic heterocycles. The number of halogens is 4. The summed E-state index contributed by atoms with van der Waals surface area (Å²) in [6.07, 6.45) is -4.95. The summed E-state index contributed by atoms with van der Waals surface area (Å²) in [4.78, 5) is 37.2. The first-order chi connectivity index (χ1) is 18.1. The van der Waals surface area contributed by atoms with Gasteiger partial charge in [0.2, 0.25) is 0 Å². The van der Waals surface area contributed by atoms with Crippen LogP contribution in [0.5, 0.6) is 0 Å². The highest BCUT2D eigenvalue weighted by molar-refractivity contribution is 6.11. The number of hydrogen-bond donors (Lipinski definition) is 1. The number of rotatable bonds is 5. The molecule has 1 N–H and O–H groups in total. The van der Waals surface area contributed by atoms with E-state index in [0.29, 0.717) is 31.7 Å². The van der Waals surface area contributed by atoms with Crippen molar-refractivity contribution in [2.24, 2.45) is 7.05 Å². The number of likely N-dealkylation sites (tertiary alicyclic amines) is 1. The molecule has 11 heteroatoms. The van der Waals surface area contributed by atoms with Gasteiger partial charge < -0.3 is 5.32 Å². The fourth-order valence-electron chi connectivity index (χ4n) is 4.55. The molecule has 3 heterocycles. The maximum absolute atomic E-state index is 13.5. The van der Waals surface area contributed by atoms with E-state index in [2.05, 4.69) is 15.3 Å². The van der Waals surface area contributed by atoms with Crippen LogP contribution in [0.4, 0.5) is 23.4 Å². The summed E-state index contributed by atoms with van der Waals surface area (Å²) in [5.41, 5.74) is -0.508. The molecule has 1 aliphatic rings. The van der Waals surface area contributed by atoms with Crippen LogP contribution < -0.4 is 10.9 Å². The monoisotopic (exact) mass is 525 g/mol. The van der Waals surface area contributed by atoms with Crippen molar-refractivity contribution >= 4 is 22.6 Å². The molecule has 0 saturated carbocycles. The molecule has 1 fully saturated rings. The highest BCUT2D eigenvalue weighted by atomic mass is 19.4. The fourth-order valence-corrected chi connectivity index (χ4v) is 4.55. The molecular weight excluding hydrogens is 502 g/mol. The van der Waals surface area contributed by atoms with E-state index < -0.39 is 29.4 Å². The third-order valence-electron chi connectivity index (χ3n) is 6.45. The maximum Gasteiger partial charge on any atom is 0.416 e. The lowest BCUT2D eigenvalue weighted by Crippen LogP contribution is -2.23. The second-order valence-corrected chi connectivity index (χ2v) is 9.17. The largest absolute Gasteiger partial charge is 0.416 e. The maximum atomic E-state index is 13.5. The van der Waals surface area contributed by atoms with Gasteiger partial charge >= 0.3 is 6.18 Å². The van der Waals surface area contributed by atoms with Crippen molar-refractivity contribution in [3.05, 3.63) is 87.8 Å². The van der Waals surface area contributed by atoms with Gasteiger partial charge in [0.25, 0.3) is 11.5 Å². The van der Waals surface area contributed by atoms with Gasteiger partial charge in [0.1, 0.15) is 17.8 Å². The summed E-state index contributed by atoms with van der Waals surface area (Å²) in [7, 11) is 1.41. The van der Waals surface area contributed by atoms with Gasteiger partial charge in [0.05, 0.1) is 27.7 Å². The van der Waals surface area contributed by atoms with E-state index >= 15 is 0 Å². The Morgan fingerprint density at radius 3 is 2.58 bits per heavy atom. The quantitative estimate of drug-likeness (QED) is 0.379. The van der Waals surface area contributed by atoms with Crippen molar-refractivity contribution in [1.29, 1.82) is 0 Å². The number of benzene rings is 2. The van der Waals surface area contributed by atoms with Crippen LogP contribution in [-0.2, 0) is 19.8 Å². The lowest BCUT2D eigenvalue weighted by molar-refractivity contribution is -0.137. The average Bonchev–Trinajstić information content (AvgIpc) is 3.29. The lowest BCUT2D eigenvalue weighted by Gasteiger charge is -2.15. The lowest BCUT2D eigenvalue weighted by atomic mass is 10.1. The molecule has 7 nitrogen and oxygen atoms in total. The van der Waals surface area contributed by atoms with Crippen molar-refractivity contribution in [3.63, 3.8) is 0 Å². The molecule has 2 aromatic heterocycles. The molecule has 0 spiro atoms. The number of carbonyl (C=O) groups is 1. The van der Waals surface area contributed by atoms with Gasteiger partial charge in [-0.1, -0.05) is 24.3 Å². The minimum atomic E-state index is -4.57. The Labute approximate surface area is 214 Å². The molecule has 0 radical (unpaired) electrons. The van der Waals surface area contributed by atoms with Crippen LogP contribution in [0, 0.1) is 0 Å². The number of aromatic nitrogens is 3. The van der Waals surface area contributed by atoms with Gasteiger partial charge in [0.15, 0.2) is 0 Å². The summed E-state index contributed by atoms with van der Waals surface area (Å²) < 4.78 is 54.5. The van der Waals surface area contributed by atoms with Gasteiger partial charge in [-0.3, -0.25) is 19.1 Å². The van der Waals surface area contributed by atoms with E-state index in [-0.39, 0.29) is 33.7 Å². The Hall–Kier alpha value is -4.12. The normalized spacial score (nSPS) is 16.2. The first-order valence-electron chi connectivity index (χ1n) is 11.9. The van der Waals surface area contributed by atoms with E-state index in [1.54, 1.807) is 18.2 Å². The van der Waals surface area contributed by atoms with Crippen LogP contribution in [-0.4, -0.2) is 44.6 Å². The number of para-hydroxylation sites is 1. The topological polar surface area (TPSA) is 80.1 Å². The Bertz CT molecular complexity index is 1580. The van der Waals surface area contributed by atoms with Gasteiger partial charge in [-0.25, -0.2) is 14.4 Å². The Morgan fingerprint density at radius 2 is 1.84 bits per heavy atom. The van der Waals surface area contributed by atoms with E-state index in [1.807, 2.05) is 4.90 Å². The molecule has 0 unspecified atom stereocenters. The zero-order valence-corrected chi connectivity index (χ0v) is 20.3. The van der Waals surface area contributed by atoms with Crippen molar-refractivity contribution < 1.29 is 22.4 Å². The number of fused-ring (bicyclic) bond motifs is 1. The molecule has 1 saturated heterocycles. The van der Waals surface area contributed by atoms with Crippen LogP contribution in [0.15, 0.2) is 65.5 Å². The van der Waals surface area contributed by atoms with Crippen LogP contribution in [0.25, 0.3) is 22.3 Å². The second kappa shape index (κ2) is 9.97. The molecule has 4 aromatic rings. The average molecular weight is 526 g/mol. The zero-order chi connectivity index (χ0) is 27.0. The fraction of sp³-hybridized carbons (Fsp3) is 0.259. The molecule has 0 aliphatic carbocycles. The molecule has 5 rings (SSSR count). The molecule has 196 valence electrons. The highest BCUT2D eigenvalue weighted by Crippen LogP contribution is 2.32. The number of nitrogens with zero attached hydrogens (tertiary/aromatic N) is 4. The third kappa shape index (κ3) is 5.14. The third-order valence-corrected chi connectivity index (χ3v) is 6.45. The summed E-state index contributed by atoms with van der Waals surface area (Å²) in [6.45, 7) is 1.41. The van der Waals surface area contributed by atoms with Gasteiger partial charge in [-0.05, 0) is 42.8 Å². The van der Waals surface area contributed by atoms with Gasteiger partial charge in [-0.15, -0.1) is 0 Å². The highest BCUT2D eigenvalue weighted by Gasteiger charge is 2.31. The Morgan fingerprint density at radius 1 is 1.08 bits per heavy atom. The molecule has 1 atom stereocenters. The molecule has 0 bridgehead atoms. The van der Waals surface area contributed by atoms with Crippen molar-refractivity contribution in [2.45, 2.75) is 25.3 Å². The number of amides is 1. The van der Waals surface area contributed by atoms with Crippen molar-refractivity contribution in [3.8, 4) is 11.4 Å². The Kier molecular flexibility index (Phi) is 6.70. The van der Waals surface area contributed by atoms with E-state index in [1.165, 1.54) is 37.4 Å². The van der Waals surface area contributed by atoms with E-state index in [9.17, 15) is 27.2 Å². The van der Waals surface area contributed by atoms with Crippen LogP contribution in [0.2, 0.25) is 0 Å². The standard InChI is InChI=1S/C27H23F4N5O2/c1-35-24(16-5-2-6-17(13-16)27(29,30)31)34-23-20(8-4-9-21(23)26(35)38)25(37)33-22-10-3-7-19(32-22)15-36-12-11-18(28)14-36/h2-10,13,18H,11-12,14-15H2,1H3,(H,32,33,37)/t18-/m0/s1. The summed E-state index contributed by atoms with van der Waals surface area (Å²) >= 11 is 0. The Balaban J connectivity index is 1.49. The van der Waals surface area contributed by atoms with Crippen LogP contribution in [0.1, 0.15) is 28.0 Å². The van der Waals surface area contributed by atoms with Crippen LogP contribution >= 0.6 is 0 Å². The summed E-state index contributed by atoms with van der Waals surface area (Å²) in [5, 5.41) is 2.85. The number of nitrogens with one attached hydrogen (secondary N) is 1. The minimum Gasteiger partial charge on any atom is -0.306 e. The summed E-state index contributed by atoms with van der Waals surface area (Å²) in [5.74, 6) is -0.325. The van der Waals surface area contributed by atoms with Crippen molar-refractivity contribution in [2.75, 3.05) is 18.4 Å². The van der Waals surface area contributed by atoms with Gasteiger partial charge in [0, 0.05) is 32.2 Å². The number of anilines is 1. The number of pyridine rings is 1. The zero-order valence-electron chi connectivity index (χ0n) is 20.3.